The third-order valence-electron chi connectivity index (χ3n) is 6.25. The molecule has 0 radical (unpaired) electrons. The second-order valence-corrected chi connectivity index (χ2v) is 9.18. The number of nitrogens with zero attached hydrogens (tertiary/aromatic N) is 1. The molecular formula is C28H23NO5S. The zero-order valence-corrected chi connectivity index (χ0v) is 20.3. The first kappa shape index (κ1) is 22.7. The van der Waals surface area contributed by atoms with E-state index in [2.05, 4.69) is 0 Å². The van der Waals surface area contributed by atoms with Crippen LogP contribution in [-0.2, 0) is 9.59 Å². The summed E-state index contributed by atoms with van der Waals surface area (Å²) < 4.78 is 10.8. The van der Waals surface area contributed by atoms with Gasteiger partial charge in [-0.15, -0.1) is 11.3 Å². The summed E-state index contributed by atoms with van der Waals surface area (Å²) in [4.78, 5) is 29.2. The second kappa shape index (κ2) is 8.92. The Kier molecular flexibility index (Phi) is 5.78. The molecule has 1 saturated heterocycles. The molecule has 1 aliphatic heterocycles. The number of carbonyl (C=O) groups is 2. The first-order valence-electron chi connectivity index (χ1n) is 11.0. The van der Waals surface area contributed by atoms with Gasteiger partial charge in [-0.05, 0) is 34.7 Å². The van der Waals surface area contributed by atoms with Crippen LogP contribution in [0.1, 0.15) is 22.0 Å². The van der Waals surface area contributed by atoms with Crippen LogP contribution in [0, 0.1) is 6.92 Å². The van der Waals surface area contributed by atoms with Gasteiger partial charge in [0.2, 0.25) is 0 Å². The molecule has 35 heavy (non-hydrogen) atoms. The van der Waals surface area contributed by atoms with E-state index in [9.17, 15) is 14.7 Å². The number of thiophene rings is 1. The Morgan fingerprint density at radius 3 is 2.29 bits per heavy atom. The lowest BCUT2D eigenvalue weighted by Gasteiger charge is -2.26. The molecule has 176 valence electrons. The molecule has 1 atom stereocenters. The molecule has 2 heterocycles. The first-order chi connectivity index (χ1) is 16.9. The SMILES string of the molecule is COc1cc(OC)cc(N2C(=O)C(=O)/C(=C(/O)c3cccc4ccccc34)C2c2sccc2C)c1. The highest BCUT2D eigenvalue weighted by atomic mass is 32.1. The molecule has 5 rings (SSSR count). The minimum atomic E-state index is -0.800. The maximum Gasteiger partial charge on any atom is 0.300 e. The smallest absolute Gasteiger partial charge is 0.300 e. The number of methoxy groups -OCH3 is 2. The molecule has 0 bridgehead atoms. The van der Waals surface area contributed by atoms with Gasteiger partial charge in [0.15, 0.2) is 0 Å². The number of ketones is 1. The Bertz CT molecular complexity index is 1470. The van der Waals surface area contributed by atoms with Gasteiger partial charge in [-0.25, -0.2) is 0 Å². The molecule has 1 amide bonds. The highest BCUT2D eigenvalue weighted by Gasteiger charge is 2.48. The molecule has 6 nitrogen and oxygen atoms in total. The monoisotopic (exact) mass is 485 g/mol. The highest BCUT2D eigenvalue weighted by molar-refractivity contribution is 7.10. The number of aliphatic hydroxyl groups excluding tert-OH is 1. The normalized spacial score (nSPS) is 17.2. The highest BCUT2D eigenvalue weighted by Crippen LogP contribution is 2.46. The second-order valence-electron chi connectivity index (χ2n) is 8.23. The maximum absolute atomic E-state index is 13.5. The van der Waals surface area contributed by atoms with E-state index in [0.29, 0.717) is 22.7 Å². The van der Waals surface area contributed by atoms with Gasteiger partial charge in [-0.1, -0.05) is 42.5 Å². The van der Waals surface area contributed by atoms with E-state index < -0.39 is 17.7 Å². The van der Waals surface area contributed by atoms with Crippen LogP contribution in [0.4, 0.5) is 5.69 Å². The summed E-state index contributed by atoms with van der Waals surface area (Å²) >= 11 is 1.44. The quantitative estimate of drug-likeness (QED) is 0.218. The number of aryl methyl sites for hydroxylation is 1. The van der Waals surface area contributed by atoms with Gasteiger partial charge >= 0.3 is 0 Å². The standard InChI is InChI=1S/C28H23NO5S/c1-16-11-12-35-27(16)24-23(25(30)22-10-6-8-17-7-4-5-9-21(17)22)26(31)28(32)29(24)18-13-19(33-2)15-20(14-18)34-3/h4-15,24,30H,1-3H3/b25-23+. The number of ether oxygens (including phenoxy) is 2. The van der Waals surface area contributed by atoms with Gasteiger partial charge in [0.05, 0.1) is 25.5 Å². The topological polar surface area (TPSA) is 76.1 Å². The third kappa shape index (κ3) is 3.74. The van der Waals surface area contributed by atoms with E-state index in [1.54, 1.807) is 24.3 Å². The van der Waals surface area contributed by atoms with Crippen molar-refractivity contribution in [1.29, 1.82) is 0 Å². The Hall–Kier alpha value is -4.10. The summed E-state index contributed by atoms with van der Waals surface area (Å²) in [6.07, 6.45) is 0. The summed E-state index contributed by atoms with van der Waals surface area (Å²) in [6, 6.07) is 19.3. The predicted octanol–water partition coefficient (Wildman–Crippen LogP) is 5.85. The number of carbonyl (C=O) groups excluding carboxylic acids is 2. The van der Waals surface area contributed by atoms with Gasteiger partial charge in [-0.2, -0.15) is 0 Å². The Morgan fingerprint density at radius 2 is 1.63 bits per heavy atom. The molecule has 0 spiro atoms. The number of fused-ring (bicyclic) bond motifs is 1. The minimum Gasteiger partial charge on any atom is -0.507 e. The summed E-state index contributed by atoms with van der Waals surface area (Å²) in [5.74, 6) is -0.695. The van der Waals surface area contributed by atoms with Crippen molar-refractivity contribution in [3.05, 3.63) is 93.7 Å². The molecule has 1 fully saturated rings. The van der Waals surface area contributed by atoms with Crippen molar-refractivity contribution in [2.45, 2.75) is 13.0 Å². The lowest BCUT2D eigenvalue weighted by Crippen LogP contribution is -2.29. The average molecular weight is 486 g/mol. The van der Waals surface area contributed by atoms with Crippen molar-refractivity contribution in [1.82, 2.24) is 0 Å². The summed E-state index contributed by atoms with van der Waals surface area (Å²) in [5.41, 5.74) is 1.92. The number of aliphatic hydroxyl groups is 1. The summed E-state index contributed by atoms with van der Waals surface area (Å²) in [7, 11) is 3.04. The van der Waals surface area contributed by atoms with Crippen molar-refractivity contribution in [3.63, 3.8) is 0 Å². The molecule has 3 aromatic carbocycles. The van der Waals surface area contributed by atoms with Crippen molar-refractivity contribution in [3.8, 4) is 11.5 Å². The zero-order valence-electron chi connectivity index (χ0n) is 19.4. The maximum atomic E-state index is 13.5. The van der Waals surface area contributed by atoms with Crippen LogP contribution in [0.5, 0.6) is 11.5 Å². The zero-order chi connectivity index (χ0) is 24.7. The molecule has 1 aliphatic rings. The number of hydrogen-bond acceptors (Lipinski definition) is 6. The van der Waals surface area contributed by atoms with Crippen molar-refractivity contribution < 1.29 is 24.2 Å². The van der Waals surface area contributed by atoms with E-state index in [1.807, 2.05) is 54.8 Å². The van der Waals surface area contributed by atoms with Gasteiger partial charge in [0, 0.05) is 28.6 Å². The fourth-order valence-electron chi connectivity index (χ4n) is 4.52. The van der Waals surface area contributed by atoms with Crippen LogP contribution in [0.2, 0.25) is 0 Å². The number of amides is 1. The molecule has 1 aromatic heterocycles. The van der Waals surface area contributed by atoms with Crippen LogP contribution in [0.15, 0.2) is 77.7 Å². The molecule has 0 aliphatic carbocycles. The van der Waals surface area contributed by atoms with Gasteiger partial charge < -0.3 is 14.6 Å². The summed E-state index contributed by atoms with van der Waals surface area (Å²) in [5, 5.41) is 15.2. The van der Waals surface area contributed by atoms with Crippen LogP contribution >= 0.6 is 11.3 Å². The molecule has 7 heteroatoms. The van der Waals surface area contributed by atoms with Crippen molar-refractivity contribution in [2.75, 3.05) is 19.1 Å². The molecule has 4 aromatic rings. The Morgan fingerprint density at radius 1 is 0.943 bits per heavy atom. The Balaban J connectivity index is 1.78. The molecule has 0 saturated carbocycles. The van der Waals surface area contributed by atoms with Crippen molar-refractivity contribution in [2.24, 2.45) is 0 Å². The lowest BCUT2D eigenvalue weighted by atomic mass is 9.95. The number of rotatable bonds is 5. The van der Waals surface area contributed by atoms with Crippen LogP contribution in [0.3, 0.4) is 0 Å². The lowest BCUT2D eigenvalue weighted by molar-refractivity contribution is -0.132. The van der Waals surface area contributed by atoms with Crippen LogP contribution in [-0.4, -0.2) is 31.0 Å². The predicted molar refractivity (Wildman–Crippen MR) is 137 cm³/mol. The number of Topliss-reactive ketones (excluding diaryl/α,β-unsaturated/α-hetero) is 1. The van der Waals surface area contributed by atoms with E-state index in [4.69, 9.17) is 9.47 Å². The number of benzene rings is 3. The first-order valence-corrected chi connectivity index (χ1v) is 11.9. The van der Waals surface area contributed by atoms with Gasteiger partial charge in [-0.3, -0.25) is 14.5 Å². The van der Waals surface area contributed by atoms with Gasteiger partial charge in [0.1, 0.15) is 23.3 Å². The van der Waals surface area contributed by atoms with Crippen LogP contribution in [0.25, 0.3) is 16.5 Å². The largest absolute Gasteiger partial charge is 0.507 e. The molecule has 1 N–H and O–H groups in total. The van der Waals surface area contributed by atoms with E-state index >= 15 is 0 Å². The Labute approximate surface area is 206 Å². The van der Waals surface area contributed by atoms with Crippen LogP contribution < -0.4 is 14.4 Å². The van der Waals surface area contributed by atoms with E-state index in [-0.39, 0.29) is 11.3 Å². The number of hydrogen-bond donors (Lipinski definition) is 1. The fourth-order valence-corrected chi connectivity index (χ4v) is 5.54. The van der Waals surface area contributed by atoms with Crippen molar-refractivity contribution >= 4 is 45.2 Å². The third-order valence-corrected chi connectivity index (χ3v) is 7.32. The van der Waals surface area contributed by atoms with Gasteiger partial charge in [0.25, 0.3) is 11.7 Å². The summed E-state index contributed by atoms with van der Waals surface area (Å²) in [6.45, 7) is 1.93. The average Bonchev–Trinajstić information content (AvgIpc) is 3.42. The fraction of sp³-hybridized carbons (Fsp3) is 0.143. The molecular weight excluding hydrogens is 462 g/mol. The van der Waals surface area contributed by atoms with E-state index in [0.717, 1.165) is 21.2 Å². The van der Waals surface area contributed by atoms with E-state index in [1.165, 1.54) is 30.5 Å². The number of anilines is 1. The molecule has 1 unspecified atom stereocenters. The minimum absolute atomic E-state index is 0.0543.